The van der Waals surface area contributed by atoms with E-state index < -0.39 is 5.97 Å². The Hall–Kier alpha value is -2.21. The van der Waals surface area contributed by atoms with Crippen LogP contribution in [0.5, 0.6) is 5.75 Å². The molecular formula is C13H14ClN3O3. The molecule has 0 aliphatic heterocycles. The average Bonchev–Trinajstić information content (AvgIpc) is 2.62. The van der Waals surface area contributed by atoms with Crippen LogP contribution >= 0.6 is 11.6 Å². The first-order valence-corrected chi connectivity index (χ1v) is 6.21. The number of hydrogen-bond acceptors (Lipinski definition) is 4. The Morgan fingerprint density at radius 1 is 1.55 bits per heavy atom. The van der Waals surface area contributed by atoms with Crippen molar-refractivity contribution in [2.75, 3.05) is 5.73 Å². The summed E-state index contributed by atoms with van der Waals surface area (Å²) in [4.78, 5) is 11.0. The maximum atomic E-state index is 11.0. The van der Waals surface area contributed by atoms with E-state index in [1.807, 2.05) is 0 Å². The van der Waals surface area contributed by atoms with Gasteiger partial charge in [-0.05, 0) is 25.1 Å². The lowest BCUT2D eigenvalue weighted by molar-refractivity contribution is 0.0697. The van der Waals surface area contributed by atoms with Gasteiger partial charge in [0.1, 0.15) is 12.4 Å². The van der Waals surface area contributed by atoms with Crippen molar-refractivity contribution in [2.45, 2.75) is 13.5 Å². The van der Waals surface area contributed by atoms with Crippen LogP contribution in [0.15, 0.2) is 18.2 Å². The van der Waals surface area contributed by atoms with Crippen molar-refractivity contribution in [2.24, 2.45) is 7.05 Å². The van der Waals surface area contributed by atoms with Crippen LogP contribution in [0.3, 0.4) is 0 Å². The molecule has 0 atom stereocenters. The molecule has 0 bridgehead atoms. The van der Waals surface area contributed by atoms with Crippen molar-refractivity contribution >= 4 is 23.3 Å². The summed E-state index contributed by atoms with van der Waals surface area (Å²) in [5.74, 6) is -0.686. The molecule has 0 fully saturated rings. The minimum atomic E-state index is -1.10. The van der Waals surface area contributed by atoms with E-state index in [0.717, 1.165) is 11.4 Å². The van der Waals surface area contributed by atoms with Gasteiger partial charge < -0.3 is 15.6 Å². The van der Waals surface area contributed by atoms with Crippen LogP contribution in [0.2, 0.25) is 5.02 Å². The molecule has 1 aromatic carbocycles. The Morgan fingerprint density at radius 2 is 2.25 bits per heavy atom. The summed E-state index contributed by atoms with van der Waals surface area (Å²) in [6.45, 7) is 2.00. The lowest BCUT2D eigenvalue weighted by atomic mass is 10.2. The highest BCUT2D eigenvalue weighted by Crippen LogP contribution is 2.23. The number of nitrogens with two attached hydrogens (primary N) is 1. The number of rotatable bonds is 4. The second-order valence-corrected chi connectivity index (χ2v) is 4.69. The zero-order valence-corrected chi connectivity index (χ0v) is 11.8. The third kappa shape index (κ3) is 2.70. The molecule has 1 aromatic heterocycles. The van der Waals surface area contributed by atoms with Gasteiger partial charge in [0.05, 0.1) is 22.0 Å². The molecule has 7 heteroatoms. The third-order valence-corrected chi connectivity index (χ3v) is 3.38. The summed E-state index contributed by atoms with van der Waals surface area (Å²) in [7, 11) is 1.77. The van der Waals surface area contributed by atoms with Crippen LogP contribution in [-0.2, 0) is 13.7 Å². The molecule has 106 valence electrons. The van der Waals surface area contributed by atoms with Crippen LogP contribution in [0, 0.1) is 6.92 Å². The molecular weight excluding hydrogens is 282 g/mol. The van der Waals surface area contributed by atoms with E-state index in [1.54, 1.807) is 24.7 Å². The Morgan fingerprint density at radius 3 is 2.80 bits per heavy atom. The van der Waals surface area contributed by atoms with Gasteiger partial charge in [0.2, 0.25) is 0 Å². The number of aromatic nitrogens is 2. The lowest BCUT2D eigenvalue weighted by Gasteiger charge is -2.09. The number of carbonyl (C=O) groups is 1. The van der Waals surface area contributed by atoms with Crippen LogP contribution in [0.4, 0.5) is 5.69 Å². The van der Waals surface area contributed by atoms with Gasteiger partial charge in [-0.1, -0.05) is 11.6 Å². The number of aromatic carboxylic acids is 1. The van der Waals surface area contributed by atoms with Crippen molar-refractivity contribution < 1.29 is 14.6 Å². The number of hydrogen-bond donors (Lipinski definition) is 2. The van der Waals surface area contributed by atoms with E-state index in [2.05, 4.69) is 5.10 Å². The van der Waals surface area contributed by atoms with Crippen LogP contribution in [-0.4, -0.2) is 20.9 Å². The van der Waals surface area contributed by atoms with Gasteiger partial charge in [0.15, 0.2) is 0 Å². The van der Waals surface area contributed by atoms with E-state index in [-0.39, 0.29) is 17.9 Å². The Labute approximate surface area is 120 Å². The molecule has 20 heavy (non-hydrogen) atoms. The predicted octanol–water partition coefficient (Wildman–Crippen LogP) is 2.24. The van der Waals surface area contributed by atoms with E-state index in [9.17, 15) is 4.79 Å². The molecule has 2 aromatic rings. The minimum absolute atomic E-state index is 0.00906. The van der Waals surface area contributed by atoms with Crippen molar-refractivity contribution in [1.82, 2.24) is 9.78 Å². The van der Waals surface area contributed by atoms with Crippen molar-refractivity contribution in [3.05, 3.63) is 40.2 Å². The second-order valence-electron chi connectivity index (χ2n) is 4.31. The Kier molecular flexibility index (Phi) is 3.85. The standard InChI is InChI=1S/C13H14ClN3O3/c1-7-12(14)11(17(2)16-7)6-20-8-3-4-10(15)9(5-8)13(18)19/h3-5H,6,15H2,1-2H3,(H,18,19). The van der Waals surface area contributed by atoms with Gasteiger partial charge in [-0.15, -0.1) is 0 Å². The van der Waals surface area contributed by atoms with Crippen LogP contribution in [0.25, 0.3) is 0 Å². The monoisotopic (exact) mass is 295 g/mol. The molecule has 6 nitrogen and oxygen atoms in total. The molecule has 0 saturated heterocycles. The van der Waals surface area contributed by atoms with Crippen LogP contribution < -0.4 is 10.5 Å². The fourth-order valence-electron chi connectivity index (χ4n) is 1.80. The minimum Gasteiger partial charge on any atom is -0.487 e. The number of nitrogen functional groups attached to an aromatic ring is 1. The van der Waals surface area contributed by atoms with E-state index in [4.69, 9.17) is 27.2 Å². The Bertz CT molecular complexity index is 667. The summed E-state index contributed by atoms with van der Waals surface area (Å²) in [6.07, 6.45) is 0. The van der Waals surface area contributed by atoms with Crippen LogP contribution in [0.1, 0.15) is 21.7 Å². The highest BCUT2D eigenvalue weighted by atomic mass is 35.5. The number of halogens is 1. The number of ether oxygens (including phenoxy) is 1. The van der Waals surface area contributed by atoms with Crippen molar-refractivity contribution in [1.29, 1.82) is 0 Å². The zero-order chi connectivity index (χ0) is 14.9. The van der Waals surface area contributed by atoms with Gasteiger partial charge >= 0.3 is 5.97 Å². The molecule has 2 rings (SSSR count). The SMILES string of the molecule is Cc1nn(C)c(COc2ccc(N)c(C(=O)O)c2)c1Cl. The molecule has 0 radical (unpaired) electrons. The normalized spacial score (nSPS) is 10.6. The number of anilines is 1. The Balaban J connectivity index is 2.19. The number of carboxylic acid groups (broad SMARTS) is 1. The van der Waals surface area contributed by atoms with Crippen molar-refractivity contribution in [3.63, 3.8) is 0 Å². The van der Waals surface area contributed by atoms with Gasteiger partial charge in [0, 0.05) is 12.7 Å². The maximum Gasteiger partial charge on any atom is 0.337 e. The predicted molar refractivity (Wildman–Crippen MR) is 75.1 cm³/mol. The van der Waals surface area contributed by atoms with E-state index >= 15 is 0 Å². The molecule has 3 N–H and O–H groups in total. The van der Waals surface area contributed by atoms with E-state index in [1.165, 1.54) is 12.1 Å². The summed E-state index contributed by atoms with van der Waals surface area (Å²) in [5, 5.41) is 13.7. The number of benzene rings is 1. The maximum absolute atomic E-state index is 11.0. The second kappa shape index (κ2) is 5.42. The van der Waals surface area contributed by atoms with Gasteiger partial charge in [-0.25, -0.2) is 4.79 Å². The molecule has 0 saturated carbocycles. The third-order valence-electron chi connectivity index (χ3n) is 2.89. The first kappa shape index (κ1) is 14.2. The first-order chi connectivity index (χ1) is 9.40. The number of carboxylic acids is 1. The quantitative estimate of drug-likeness (QED) is 0.844. The first-order valence-electron chi connectivity index (χ1n) is 5.83. The summed E-state index contributed by atoms with van der Waals surface area (Å²) in [5.41, 5.74) is 7.22. The highest BCUT2D eigenvalue weighted by molar-refractivity contribution is 6.31. The topological polar surface area (TPSA) is 90.4 Å². The van der Waals surface area contributed by atoms with Gasteiger partial charge in [0.25, 0.3) is 0 Å². The average molecular weight is 296 g/mol. The highest BCUT2D eigenvalue weighted by Gasteiger charge is 2.13. The van der Waals surface area contributed by atoms with E-state index in [0.29, 0.717) is 10.8 Å². The molecule has 1 heterocycles. The molecule has 0 amide bonds. The molecule has 0 unspecified atom stereocenters. The summed E-state index contributed by atoms with van der Waals surface area (Å²) in [6, 6.07) is 4.49. The van der Waals surface area contributed by atoms with Gasteiger partial charge in [-0.2, -0.15) is 5.10 Å². The zero-order valence-electron chi connectivity index (χ0n) is 11.1. The smallest absolute Gasteiger partial charge is 0.337 e. The molecule has 0 spiro atoms. The largest absolute Gasteiger partial charge is 0.487 e. The molecule has 0 aliphatic rings. The summed E-state index contributed by atoms with van der Waals surface area (Å²) >= 11 is 6.11. The number of aryl methyl sites for hydroxylation is 2. The number of nitrogens with zero attached hydrogens (tertiary/aromatic N) is 2. The van der Waals surface area contributed by atoms with Crippen molar-refractivity contribution in [3.8, 4) is 5.75 Å². The fraction of sp³-hybridized carbons (Fsp3) is 0.231. The summed E-state index contributed by atoms with van der Waals surface area (Å²) < 4.78 is 7.18. The van der Waals surface area contributed by atoms with Gasteiger partial charge in [-0.3, -0.25) is 4.68 Å². The lowest BCUT2D eigenvalue weighted by Crippen LogP contribution is -2.06. The fourth-order valence-corrected chi connectivity index (χ4v) is 2.01. The molecule has 0 aliphatic carbocycles.